The normalized spacial score (nSPS) is 14.2. The van der Waals surface area contributed by atoms with Crippen LogP contribution in [0, 0.1) is 0 Å². The number of Topliss-reactive ketones (excluding diaryl/α,β-unsaturated/α-hetero) is 1. The fourth-order valence-corrected chi connectivity index (χ4v) is 4.05. The first-order valence-electron chi connectivity index (χ1n) is 9.25. The number of carbonyl (C=O) groups excluding carboxylic acids is 2. The molecule has 3 aromatic rings. The Kier molecular flexibility index (Phi) is 4.47. The monoisotopic (exact) mass is 372 g/mol. The molecule has 28 heavy (non-hydrogen) atoms. The minimum Gasteiger partial charge on any atom is -0.507 e. The largest absolute Gasteiger partial charge is 0.507 e. The van der Waals surface area contributed by atoms with Crippen LogP contribution < -0.4 is 0 Å². The first-order valence-corrected chi connectivity index (χ1v) is 9.25. The number of benzene rings is 3. The van der Waals surface area contributed by atoms with Crippen molar-refractivity contribution in [3.8, 4) is 11.5 Å². The van der Waals surface area contributed by atoms with Crippen molar-refractivity contribution in [3.63, 3.8) is 0 Å². The fourth-order valence-electron chi connectivity index (χ4n) is 4.05. The minimum absolute atomic E-state index is 0.00727. The summed E-state index contributed by atoms with van der Waals surface area (Å²) in [5, 5.41) is 20.6. The summed E-state index contributed by atoms with van der Waals surface area (Å²) in [4.78, 5) is 26.3. The van der Waals surface area contributed by atoms with E-state index in [0.717, 1.165) is 5.56 Å². The van der Waals surface area contributed by atoms with Gasteiger partial charge in [-0.1, -0.05) is 61.5 Å². The topological polar surface area (TPSA) is 74.6 Å². The zero-order valence-corrected chi connectivity index (χ0v) is 15.4. The van der Waals surface area contributed by atoms with Gasteiger partial charge in [0.25, 0.3) is 0 Å². The molecule has 140 valence electrons. The summed E-state index contributed by atoms with van der Waals surface area (Å²) < 4.78 is 0. The molecule has 0 heterocycles. The van der Waals surface area contributed by atoms with Gasteiger partial charge in [-0.3, -0.25) is 9.59 Å². The van der Waals surface area contributed by atoms with Crippen LogP contribution in [0.2, 0.25) is 0 Å². The summed E-state index contributed by atoms with van der Waals surface area (Å²) >= 11 is 0. The second-order valence-electron chi connectivity index (χ2n) is 7.23. The molecule has 2 N–H and O–H groups in total. The maximum atomic E-state index is 13.4. The van der Waals surface area contributed by atoms with Crippen LogP contribution in [0.3, 0.4) is 0 Å². The zero-order valence-electron chi connectivity index (χ0n) is 15.4. The number of carbonyl (C=O) groups is 2. The molecule has 0 radical (unpaired) electrons. The number of hydrogen-bond donors (Lipinski definition) is 2. The van der Waals surface area contributed by atoms with Crippen LogP contribution in [0.5, 0.6) is 11.5 Å². The Labute approximate surface area is 163 Å². The van der Waals surface area contributed by atoms with E-state index >= 15 is 0 Å². The Balaban J connectivity index is 1.80. The van der Waals surface area contributed by atoms with E-state index < -0.39 is 11.7 Å². The molecular formula is C24H20O4. The molecule has 0 bridgehead atoms. The second kappa shape index (κ2) is 6.97. The van der Waals surface area contributed by atoms with Crippen LogP contribution in [0.1, 0.15) is 57.8 Å². The number of rotatable bonds is 4. The number of phenolic OH excluding ortho intramolecular Hbond substituents is 2. The van der Waals surface area contributed by atoms with Gasteiger partial charge in [-0.15, -0.1) is 0 Å². The lowest BCUT2D eigenvalue weighted by atomic mass is 9.73. The van der Waals surface area contributed by atoms with E-state index in [1.54, 1.807) is 24.3 Å². The maximum Gasteiger partial charge on any atom is 0.201 e. The van der Waals surface area contributed by atoms with Crippen molar-refractivity contribution < 1.29 is 19.8 Å². The van der Waals surface area contributed by atoms with E-state index in [0.29, 0.717) is 11.1 Å². The lowest BCUT2D eigenvalue weighted by Gasteiger charge is -2.28. The zero-order chi connectivity index (χ0) is 19.8. The Morgan fingerprint density at radius 1 is 0.857 bits per heavy atom. The molecule has 1 aliphatic rings. The third-order valence-corrected chi connectivity index (χ3v) is 5.42. The second-order valence-corrected chi connectivity index (χ2v) is 7.23. The summed E-state index contributed by atoms with van der Waals surface area (Å²) in [7, 11) is 0. The predicted molar refractivity (Wildman–Crippen MR) is 106 cm³/mol. The van der Waals surface area contributed by atoms with Crippen molar-refractivity contribution in [2.24, 2.45) is 0 Å². The molecule has 4 rings (SSSR count). The van der Waals surface area contributed by atoms with E-state index in [4.69, 9.17) is 0 Å². The highest BCUT2D eigenvalue weighted by molar-refractivity contribution is 6.18. The molecule has 4 heteroatoms. The highest BCUT2D eigenvalue weighted by Gasteiger charge is 2.38. The van der Waals surface area contributed by atoms with Crippen molar-refractivity contribution in [2.45, 2.75) is 25.2 Å². The van der Waals surface area contributed by atoms with Gasteiger partial charge in [0.05, 0.1) is 17.0 Å². The first kappa shape index (κ1) is 18.0. The minimum atomic E-state index is -0.701. The van der Waals surface area contributed by atoms with Crippen LogP contribution in [0.4, 0.5) is 0 Å². The Bertz CT molecular complexity index is 1010. The van der Waals surface area contributed by atoms with Crippen molar-refractivity contribution in [1.29, 1.82) is 0 Å². The van der Waals surface area contributed by atoms with Gasteiger partial charge in [-0.2, -0.15) is 0 Å². The fraction of sp³-hybridized carbons (Fsp3) is 0.167. The van der Waals surface area contributed by atoms with E-state index in [-0.39, 0.29) is 40.7 Å². The van der Waals surface area contributed by atoms with Gasteiger partial charge in [0.1, 0.15) is 17.3 Å². The number of phenols is 2. The van der Waals surface area contributed by atoms with Crippen LogP contribution in [-0.4, -0.2) is 21.8 Å². The summed E-state index contributed by atoms with van der Waals surface area (Å²) in [6.45, 7) is 1.99. The molecule has 0 aromatic heterocycles. The van der Waals surface area contributed by atoms with Crippen molar-refractivity contribution in [2.75, 3.05) is 0 Å². The Hall–Kier alpha value is -3.40. The molecule has 4 nitrogen and oxygen atoms in total. The van der Waals surface area contributed by atoms with Crippen LogP contribution in [-0.2, 0) is 4.79 Å². The summed E-state index contributed by atoms with van der Waals surface area (Å²) in [6.07, 6.45) is 0.285. The highest BCUT2D eigenvalue weighted by atomic mass is 16.3. The van der Waals surface area contributed by atoms with Gasteiger partial charge in [-0.25, -0.2) is 0 Å². The molecular weight excluding hydrogens is 352 g/mol. The van der Waals surface area contributed by atoms with Crippen LogP contribution in [0.25, 0.3) is 0 Å². The molecule has 0 aliphatic heterocycles. The standard InChI is InChI=1S/C24H20O4/c1-14(15-7-3-2-4-8-15)13-20(27)21-16-9-5-11-18(25)22(16)24(28)23-17(21)10-6-12-19(23)26/h2-12,14,21,25-26H,13H2,1H3/t14-/m1/s1. The number of aromatic hydroxyl groups is 2. The van der Waals surface area contributed by atoms with Gasteiger partial charge in [-0.05, 0) is 34.7 Å². The van der Waals surface area contributed by atoms with Gasteiger partial charge in [0, 0.05) is 6.42 Å². The van der Waals surface area contributed by atoms with Crippen molar-refractivity contribution in [3.05, 3.63) is 94.5 Å². The molecule has 0 spiro atoms. The van der Waals surface area contributed by atoms with E-state index in [2.05, 4.69) is 0 Å². The van der Waals surface area contributed by atoms with Gasteiger partial charge < -0.3 is 10.2 Å². The lowest BCUT2D eigenvalue weighted by molar-refractivity contribution is -0.120. The molecule has 1 aliphatic carbocycles. The number of ketones is 2. The van der Waals surface area contributed by atoms with Gasteiger partial charge in [0.15, 0.2) is 0 Å². The van der Waals surface area contributed by atoms with Gasteiger partial charge >= 0.3 is 0 Å². The summed E-state index contributed by atoms with van der Waals surface area (Å²) in [6, 6.07) is 19.3. The van der Waals surface area contributed by atoms with Crippen LogP contribution in [0.15, 0.2) is 66.7 Å². The van der Waals surface area contributed by atoms with E-state index in [1.165, 1.54) is 12.1 Å². The summed E-state index contributed by atoms with van der Waals surface area (Å²) in [5.74, 6) is -1.56. The third-order valence-electron chi connectivity index (χ3n) is 5.42. The summed E-state index contributed by atoms with van der Waals surface area (Å²) in [5.41, 5.74) is 2.25. The molecule has 3 aromatic carbocycles. The third kappa shape index (κ3) is 2.87. The van der Waals surface area contributed by atoms with Gasteiger partial charge in [0.2, 0.25) is 5.78 Å². The number of hydrogen-bond acceptors (Lipinski definition) is 4. The molecule has 0 saturated carbocycles. The van der Waals surface area contributed by atoms with E-state index in [9.17, 15) is 19.8 Å². The maximum absolute atomic E-state index is 13.4. The SMILES string of the molecule is C[C@H](CC(=O)C1c2cccc(O)c2C(=O)c2c(O)cccc21)c1ccccc1. The molecule has 0 unspecified atom stereocenters. The Morgan fingerprint density at radius 2 is 1.39 bits per heavy atom. The lowest BCUT2D eigenvalue weighted by Crippen LogP contribution is -2.26. The van der Waals surface area contributed by atoms with Crippen LogP contribution >= 0.6 is 0 Å². The quantitative estimate of drug-likeness (QED) is 0.705. The molecule has 1 atom stereocenters. The molecule has 0 fully saturated rings. The average molecular weight is 372 g/mol. The first-order chi connectivity index (χ1) is 13.5. The average Bonchev–Trinajstić information content (AvgIpc) is 2.68. The molecule has 0 saturated heterocycles. The smallest absolute Gasteiger partial charge is 0.201 e. The Morgan fingerprint density at radius 3 is 1.93 bits per heavy atom. The van der Waals surface area contributed by atoms with E-state index in [1.807, 2.05) is 37.3 Å². The predicted octanol–water partition coefficient (Wildman–Crippen LogP) is 4.54. The number of fused-ring (bicyclic) bond motifs is 2. The molecule has 0 amide bonds. The highest BCUT2D eigenvalue weighted by Crippen LogP contribution is 2.44. The van der Waals surface area contributed by atoms with Crippen molar-refractivity contribution >= 4 is 11.6 Å². The van der Waals surface area contributed by atoms with Crippen molar-refractivity contribution in [1.82, 2.24) is 0 Å².